The van der Waals surface area contributed by atoms with Gasteiger partial charge in [-0.05, 0) is 25.5 Å². The molecular formula is C11H13ClFN. The lowest BCUT2D eigenvalue weighted by Gasteiger charge is -2.07. The molecule has 0 atom stereocenters. The van der Waals surface area contributed by atoms with E-state index in [1.165, 1.54) is 6.07 Å². The molecule has 0 saturated carbocycles. The quantitative estimate of drug-likeness (QED) is 0.749. The standard InChI is InChI=1S/C11H13ClFN/c1-8(2)6-7-14-10-5-3-4-9(12)11(10)13/h3-5,14H,1,6-7H2,2H3. The predicted molar refractivity (Wildman–Crippen MR) is 59.3 cm³/mol. The summed E-state index contributed by atoms with van der Waals surface area (Å²) in [4.78, 5) is 0. The van der Waals surface area contributed by atoms with Crippen LogP contribution in [0, 0.1) is 5.82 Å². The molecule has 0 heterocycles. The molecule has 0 fully saturated rings. The lowest BCUT2D eigenvalue weighted by Crippen LogP contribution is -2.03. The van der Waals surface area contributed by atoms with Crippen LogP contribution in [-0.4, -0.2) is 6.54 Å². The van der Waals surface area contributed by atoms with Gasteiger partial charge in [0.2, 0.25) is 0 Å². The van der Waals surface area contributed by atoms with Gasteiger partial charge >= 0.3 is 0 Å². The zero-order chi connectivity index (χ0) is 10.6. The second-order valence-corrected chi connectivity index (χ2v) is 3.64. The van der Waals surface area contributed by atoms with Crippen molar-refractivity contribution in [2.75, 3.05) is 11.9 Å². The maximum Gasteiger partial charge on any atom is 0.164 e. The third kappa shape index (κ3) is 3.04. The first-order valence-corrected chi connectivity index (χ1v) is 4.81. The highest BCUT2D eigenvalue weighted by Crippen LogP contribution is 2.21. The number of halogens is 2. The summed E-state index contributed by atoms with van der Waals surface area (Å²) in [7, 11) is 0. The van der Waals surface area contributed by atoms with Crippen molar-refractivity contribution in [3.63, 3.8) is 0 Å². The van der Waals surface area contributed by atoms with Crippen molar-refractivity contribution in [3.05, 3.63) is 41.2 Å². The molecule has 0 saturated heterocycles. The number of nitrogens with one attached hydrogen (secondary N) is 1. The molecule has 1 rings (SSSR count). The van der Waals surface area contributed by atoms with Gasteiger partial charge < -0.3 is 5.32 Å². The Labute approximate surface area is 88.6 Å². The van der Waals surface area contributed by atoms with Crippen LogP contribution in [0.25, 0.3) is 0 Å². The Morgan fingerprint density at radius 3 is 2.93 bits per heavy atom. The Bertz CT molecular complexity index is 336. The SMILES string of the molecule is C=C(C)CCNc1cccc(Cl)c1F. The minimum Gasteiger partial charge on any atom is -0.382 e. The minimum atomic E-state index is -0.393. The normalized spacial score (nSPS) is 9.93. The van der Waals surface area contributed by atoms with Crippen LogP contribution in [0.2, 0.25) is 5.02 Å². The Balaban J connectivity index is 2.59. The molecule has 1 aromatic carbocycles. The maximum absolute atomic E-state index is 13.3. The molecule has 3 heteroatoms. The van der Waals surface area contributed by atoms with Crippen molar-refractivity contribution in [1.29, 1.82) is 0 Å². The van der Waals surface area contributed by atoms with Gasteiger partial charge in [-0.3, -0.25) is 0 Å². The lowest BCUT2D eigenvalue weighted by atomic mass is 10.2. The van der Waals surface area contributed by atoms with Crippen LogP contribution in [0.15, 0.2) is 30.4 Å². The number of anilines is 1. The molecule has 0 aliphatic rings. The fourth-order valence-electron chi connectivity index (χ4n) is 1.05. The third-order valence-electron chi connectivity index (χ3n) is 1.82. The molecule has 1 aromatic rings. The second-order valence-electron chi connectivity index (χ2n) is 3.24. The summed E-state index contributed by atoms with van der Waals surface area (Å²) in [5.74, 6) is -0.393. The predicted octanol–water partition coefficient (Wildman–Crippen LogP) is 3.86. The zero-order valence-electron chi connectivity index (χ0n) is 8.11. The van der Waals surface area contributed by atoms with Crippen molar-refractivity contribution < 1.29 is 4.39 Å². The number of rotatable bonds is 4. The first-order valence-electron chi connectivity index (χ1n) is 4.43. The van der Waals surface area contributed by atoms with Crippen molar-refractivity contribution in [1.82, 2.24) is 0 Å². The van der Waals surface area contributed by atoms with Crippen LogP contribution in [0.4, 0.5) is 10.1 Å². The van der Waals surface area contributed by atoms with E-state index in [0.29, 0.717) is 12.2 Å². The van der Waals surface area contributed by atoms with Gasteiger partial charge in [0.05, 0.1) is 10.7 Å². The van der Waals surface area contributed by atoms with Crippen LogP contribution >= 0.6 is 11.6 Å². The van der Waals surface area contributed by atoms with E-state index in [2.05, 4.69) is 11.9 Å². The van der Waals surface area contributed by atoms with Crippen molar-refractivity contribution in [2.45, 2.75) is 13.3 Å². The topological polar surface area (TPSA) is 12.0 Å². The van der Waals surface area contributed by atoms with E-state index >= 15 is 0 Å². The average molecular weight is 214 g/mol. The zero-order valence-corrected chi connectivity index (χ0v) is 8.87. The summed E-state index contributed by atoms with van der Waals surface area (Å²) in [6.07, 6.45) is 0.825. The number of benzene rings is 1. The molecule has 0 amide bonds. The van der Waals surface area contributed by atoms with Gasteiger partial charge in [-0.25, -0.2) is 4.39 Å². The van der Waals surface area contributed by atoms with E-state index in [9.17, 15) is 4.39 Å². The van der Waals surface area contributed by atoms with E-state index in [0.717, 1.165) is 12.0 Å². The first kappa shape index (κ1) is 11.1. The fraction of sp³-hybridized carbons (Fsp3) is 0.273. The smallest absolute Gasteiger partial charge is 0.164 e. The highest BCUT2D eigenvalue weighted by atomic mass is 35.5. The van der Waals surface area contributed by atoms with Crippen LogP contribution in [0.3, 0.4) is 0 Å². The number of hydrogen-bond acceptors (Lipinski definition) is 1. The van der Waals surface area contributed by atoms with Crippen LogP contribution in [0.5, 0.6) is 0 Å². The van der Waals surface area contributed by atoms with Crippen LogP contribution in [0.1, 0.15) is 13.3 Å². The van der Waals surface area contributed by atoms with Crippen molar-refractivity contribution in [2.24, 2.45) is 0 Å². The first-order chi connectivity index (χ1) is 6.61. The molecule has 0 bridgehead atoms. The van der Waals surface area contributed by atoms with Crippen molar-refractivity contribution >= 4 is 17.3 Å². The van der Waals surface area contributed by atoms with Gasteiger partial charge in [0.25, 0.3) is 0 Å². The van der Waals surface area contributed by atoms with E-state index in [1.54, 1.807) is 12.1 Å². The lowest BCUT2D eigenvalue weighted by molar-refractivity contribution is 0.630. The molecule has 0 radical (unpaired) electrons. The molecule has 0 unspecified atom stereocenters. The summed E-state index contributed by atoms with van der Waals surface area (Å²) in [6.45, 7) is 6.38. The van der Waals surface area contributed by atoms with Gasteiger partial charge in [-0.2, -0.15) is 0 Å². The summed E-state index contributed by atoms with van der Waals surface area (Å²) < 4.78 is 13.3. The number of hydrogen-bond donors (Lipinski definition) is 1. The van der Waals surface area contributed by atoms with E-state index in [1.807, 2.05) is 6.92 Å². The Morgan fingerprint density at radius 1 is 1.57 bits per heavy atom. The van der Waals surface area contributed by atoms with Crippen LogP contribution in [-0.2, 0) is 0 Å². The highest BCUT2D eigenvalue weighted by Gasteiger charge is 2.04. The average Bonchev–Trinajstić information content (AvgIpc) is 2.12. The Hall–Kier alpha value is -1.02. The van der Waals surface area contributed by atoms with Gasteiger partial charge in [0.1, 0.15) is 0 Å². The van der Waals surface area contributed by atoms with E-state index in [-0.39, 0.29) is 5.02 Å². The van der Waals surface area contributed by atoms with Crippen LogP contribution < -0.4 is 5.32 Å². The monoisotopic (exact) mass is 213 g/mol. The summed E-state index contributed by atoms with van der Waals surface area (Å²) >= 11 is 5.62. The van der Waals surface area contributed by atoms with Gasteiger partial charge in [0.15, 0.2) is 5.82 Å². The van der Waals surface area contributed by atoms with E-state index < -0.39 is 5.82 Å². The Kier molecular flexibility index (Phi) is 3.96. The van der Waals surface area contributed by atoms with Gasteiger partial charge in [-0.15, -0.1) is 6.58 Å². The molecule has 76 valence electrons. The molecule has 0 aliphatic heterocycles. The summed E-state index contributed by atoms with van der Waals surface area (Å²) in [5, 5.41) is 3.11. The van der Waals surface area contributed by atoms with Crippen molar-refractivity contribution in [3.8, 4) is 0 Å². The maximum atomic E-state index is 13.3. The fourth-order valence-corrected chi connectivity index (χ4v) is 1.23. The molecule has 1 N–H and O–H groups in total. The third-order valence-corrected chi connectivity index (χ3v) is 2.11. The van der Waals surface area contributed by atoms with E-state index in [4.69, 9.17) is 11.6 Å². The highest BCUT2D eigenvalue weighted by molar-refractivity contribution is 6.31. The summed E-state index contributed by atoms with van der Waals surface area (Å²) in [6, 6.07) is 4.91. The molecule has 14 heavy (non-hydrogen) atoms. The van der Waals surface area contributed by atoms with Gasteiger partial charge in [0, 0.05) is 6.54 Å². The minimum absolute atomic E-state index is 0.144. The largest absolute Gasteiger partial charge is 0.382 e. The molecule has 0 aromatic heterocycles. The molecule has 1 nitrogen and oxygen atoms in total. The van der Waals surface area contributed by atoms with Gasteiger partial charge in [-0.1, -0.05) is 23.2 Å². The molecule has 0 aliphatic carbocycles. The summed E-state index contributed by atoms with van der Waals surface area (Å²) in [5.41, 5.74) is 1.51. The Morgan fingerprint density at radius 2 is 2.29 bits per heavy atom. The molecular weight excluding hydrogens is 201 g/mol. The second kappa shape index (κ2) is 5.01. The molecule has 0 spiro atoms.